The van der Waals surface area contributed by atoms with E-state index >= 15 is 0 Å². The number of nitrogens with one attached hydrogen (secondary N) is 1. The molecule has 0 aromatic heterocycles. The molecule has 2 unspecified atom stereocenters. The minimum absolute atomic E-state index is 0.378. The number of halogens is 2. The molecule has 2 bridgehead atoms. The Bertz CT molecular complexity index is 435. The number of anilines is 1. The summed E-state index contributed by atoms with van der Waals surface area (Å²) in [5, 5.41) is 3.34. The number of fused-ring (bicyclic) bond motifs is 2. The number of hydrogen-bond acceptors (Lipinski definition) is 2. The summed E-state index contributed by atoms with van der Waals surface area (Å²) in [6, 6.07) is 5.71. The summed E-state index contributed by atoms with van der Waals surface area (Å²) in [6.07, 6.45) is 4.70. The van der Waals surface area contributed by atoms with Crippen molar-refractivity contribution in [2.75, 3.05) is 12.4 Å². The van der Waals surface area contributed by atoms with Gasteiger partial charge in [0.05, 0.1) is 0 Å². The number of hydrogen-bond donors (Lipinski definition) is 1. The van der Waals surface area contributed by atoms with Crippen molar-refractivity contribution in [3.8, 4) is 0 Å². The summed E-state index contributed by atoms with van der Waals surface area (Å²) in [7, 11) is 2.19. The van der Waals surface area contributed by atoms with Crippen molar-refractivity contribution in [1.82, 2.24) is 4.90 Å². The quantitative estimate of drug-likeness (QED) is 0.870. The van der Waals surface area contributed by atoms with E-state index in [9.17, 15) is 8.78 Å². The van der Waals surface area contributed by atoms with Crippen molar-refractivity contribution in [3.05, 3.63) is 29.8 Å². The van der Waals surface area contributed by atoms with Crippen molar-refractivity contribution in [2.24, 2.45) is 0 Å². The van der Waals surface area contributed by atoms with Crippen molar-refractivity contribution in [2.45, 2.75) is 43.8 Å². The summed E-state index contributed by atoms with van der Waals surface area (Å²) >= 11 is 0. The predicted octanol–water partition coefficient (Wildman–Crippen LogP) is 3.00. The third-order valence-corrected chi connectivity index (χ3v) is 4.39. The van der Waals surface area contributed by atoms with Gasteiger partial charge in [-0.05, 0) is 44.9 Å². The SMILES string of the molecule is CN1C2CCC1CC(Nc1ccc(F)c(F)c1)C2. The first-order chi connectivity index (χ1) is 8.63. The van der Waals surface area contributed by atoms with Gasteiger partial charge in [-0.2, -0.15) is 0 Å². The second kappa shape index (κ2) is 4.50. The molecule has 2 aliphatic heterocycles. The van der Waals surface area contributed by atoms with Gasteiger partial charge in [0.15, 0.2) is 11.6 Å². The molecular formula is C14H18F2N2. The smallest absolute Gasteiger partial charge is 0.160 e. The Morgan fingerprint density at radius 1 is 1.11 bits per heavy atom. The fraction of sp³-hybridized carbons (Fsp3) is 0.571. The Morgan fingerprint density at radius 3 is 2.39 bits per heavy atom. The zero-order valence-electron chi connectivity index (χ0n) is 10.5. The van der Waals surface area contributed by atoms with Crippen LogP contribution in [0.4, 0.5) is 14.5 Å². The molecule has 2 aliphatic rings. The van der Waals surface area contributed by atoms with Crippen LogP contribution in [0.3, 0.4) is 0 Å². The fourth-order valence-electron chi connectivity index (χ4n) is 3.35. The molecule has 18 heavy (non-hydrogen) atoms. The van der Waals surface area contributed by atoms with Gasteiger partial charge in [0.1, 0.15) is 0 Å². The van der Waals surface area contributed by atoms with Crippen LogP contribution in [0.25, 0.3) is 0 Å². The van der Waals surface area contributed by atoms with E-state index in [2.05, 4.69) is 17.3 Å². The first-order valence-corrected chi connectivity index (χ1v) is 6.57. The minimum Gasteiger partial charge on any atom is -0.382 e. The molecule has 0 radical (unpaired) electrons. The van der Waals surface area contributed by atoms with Gasteiger partial charge in [-0.15, -0.1) is 0 Å². The van der Waals surface area contributed by atoms with E-state index < -0.39 is 11.6 Å². The summed E-state index contributed by atoms with van der Waals surface area (Å²) in [5.41, 5.74) is 0.683. The highest BCUT2D eigenvalue weighted by molar-refractivity contribution is 5.44. The van der Waals surface area contributed by atoms with Gasteiger partial charge >= 0.3 is 0 Å². The Hall–Kier alpha value is -1.16. The molecule has 2 heterocycles. The highest BCUT2D eigenvalue weighted by Crippen LogP contribution is 2.35. The number of benzene rings is 1. The van der Waals surface area contributed by atoms with E-state index in [1.165, 1.54) is 25.0 Å². The average Bonchev–Trinajstić information content (AvgIpc) is 2.58. The molecule has 0 spiro atoms. The Morgan fingerprint density at radius 2 is 1.78 bits per heavy atom. The molecule has 0 saturated carbocycles. The average molecular weight is 252 g/mol. The summed E-state index contributed by atoms with van der Waals surface area (Å²) in [4.78, 5) is 2.46. The first-order valence-electron chi connectivity index (χ1n) is 6.57. The molecule has 2 atom stereocenters. The van der Waals surface area contributed by atoms with Gasteiger partial charge in [-0.25, -0.2) is 8.78 Å². The maximum Gasteiger partial charge on any atom is 0.160 e. The van der Waals surface area contributed by atoms with Gasteiger partial charge in [0, 0.05) is 29.9 Å². The molecular weight excluding hydrogens is 234 g/mol. The van der Waals surface area contributed by atoms with Gasteiger partial charge < -0.3 is 10.2 Å². The lowest BCUT2D eigenvalue weighted by atomic mass is 9.98. The van der Waals surface area contributed by atoms with E-state index in [1.54, 1.807) is 6.07 Å². The predicted molar refractivity (Wildman–Crippen MR) is 67.6 cm³/mol. The maximum atomic E-state index is 13.1. The fourth-order valence-corrected chi connectivity index (χ4v) is 3.35. The number of piperidine rings is 1. The topological polar surface area (TPSA) is 15.3 Å². The van der Waals surface area contributed by atoms with Crippen molar-refractivity contribution in [3.63, 3.8) is 0 Å². The van der Waals surface area contributed by atoms with Gasteiger partial charge in [-0.3, -0.25) is 0 Å². The lowest BCUT2D eigenvalue weighted by Crippen LogP contribution is -2.44. The largest absolute Gasteiger partial charge is 0.382 e. The molecule has 4 heteroatoms. The lowest BCUT2D eigenvalue weighted by Gasteiger charge is -2.37. The molecule has 0 aliphatic carbocycles. The van der Waals surface area contributed by atoms with Crippen LogP contribution >= 0.6 is 0 Å². The van der Waals surface area contributed by atoms with Crippen LogP contribution in [0.15, 0.2) is 18.2 Å². The molecule has 98 valence electrons. The highest BCUT2D eigenvalue weighted by atomic mass is 19.2. The van der Waals surface area contributed by atoms with E-state index in [1.807, 2.05) is 0 Å². The Labute approximate surface area is 106 Å². The van der Waals surface area contributed by atoms with Crippen LogP contribution in [0.1, 0.15) is 25.7 Å². The molecule has 0 amide bonds. The van der Waals surface area contributed by atoms with E-state index in [-0.39, 0.29) is 0 Å². The molecule has 2 saturated heterocycles. The lowest BCUT2D eigenvalue weighted by molar-refractivity contribution is 0.169. The second-order valence-electron chi connectivity index (χ2n) is 5.49. The van der Waals surface area contributed by atoms with Crippen LogP contribution in [0.2, 0.25) is 0 Å². The van der Waals surface area contributed by atoms with Crippen LogP contribution < -0.4 is 5.32 Å². The monoisotopic (exact) mass is 252 g/mol. The number of rotatable bonds is 2. The van der Waals surface area contributed by atoms with Crippen LogP contribution in [0.5, 0.6) is 0 Å². The van der Waals surface area contributed by atoms with Crippen molar-refractivity contribution >= 4 is 5.69 Å². The first kappa shape index (κ1) is 11.9. The molecule has 1 N–H and O–H groups in total. The third kappa shape index (κ3) is 2.09. The van der Waals surface area contributed by atoms with Crippen LogP contribution in [-0.4, -0.2) is 30.1 Å². The molecule has 3 rings (SSSR count). The third-order valence-electron chi connectivity index (χ3n) is 4.39. The van der Waals surface area contributed by atoms with Gasteiger partial charge in [0.2, 0.25) is 0 Å². The molecule has 2 fully saturated rings. The minimum atomic E-state index is -0.788. The van der Waals surface area contributed by atoms with Crippen molar-refractivity contribution in [1.29, 1.82) is 0 Å². The Kier molecular flexibility index (Phi) is 2.98. The standard InChI is InChI=1S/C14H18F2N2/c1-18-11-3-4-12(18)7-10(6-11)17-9-2-5-13(15)14(16)8-9/h2,5,8,10-12,17H,3-4,6-7H2,1H3. The zero-order valence-corrected chi connectivity index (χ0v) is 10.5. The van der Waals surface area contributed by atoms with E-state index in [4.69, 9.17) is 0 Å². The van der Waals surface area contributed by atoms with Crippen molar-refractivity contribution < 1.29 is 8.78 Å². The van der Waals surface area contributed by atoms with Gasteiger partial charge in [-0.1, -0.05) is 0 Å². The number of nitrogens with zero attached hydrogens (tertiary/aromatic N) is 1. The zero-order chi connectivity index (χ0) is 12.7. The maximum absolute atomic E-state index is 13.1. The summed E-state index contributed by atoms with van der Waals surface area (Å²) in [5.74, 6) is -1.57. The van der Waals surface area contributed by atoms with Crippen LogP contribution in [-0.2, 0) is 0 Å². The Balaban J connectivity index is 1.68. The molecule has 1 aromatic carbocycles. The normalized spacial score (nSPS) is 31.6. The van der Waals surface area contributed by atoms with E-state index in [0.717, 1.165) is 12.8 Å². The second-order valence-corrected chi connectivity index (χ2v) is 5.49. The molecule has 1 aromatic rings. The summed E-state index contributed by atoms with van der Waals surface area (Å²) in [6.45, 7) is 0. The van der Waals surface area contributed by atoms with Crippen LogP contribution in [0, 0.1) is 11.6 Å². The van der Waals surface area contributed by atoms with E-state index in [0.29, 0.717) is 23.8 Å². The molecule has 2 nitrogen and oxygen atoms in total. The highest BCUT2D eigenvalue weighted by Gasteiger charge is 2.38. The summed E-state index contributed by atoms with van der Waals surface area (Å²) < 4.78 is 26.0. The van der Waals surface area contributed by atoms with Gasteiger partial charge in [0.25, 0.3) is 0 Å².